The Hall–Kier alpha value is -0.650. The van der Waals surface area contributed by atoms with Gasteiger partial charge in [0, 0.05) is 25.0 Å². The maximum Gasteiger partial charge on any atom is 0.236 e. The fourth-order valence-corrected chi connectivity index (χ4v) is 2.60. The molecule has 0 aromatic heterocycles. The topological polar surface area (TPSA) is 64.0 Å². The van der Waals surface area contributed by atoms with E-state index in [0.717, 1.165) is 19.5 Å². The number of aliphatic hydroxyl groups is 2. The summed E-state index contributed by atoms with van der Waals surface area (Å²) in [4.78, 5) is 16.0. The molecule has 0 aliphatic carbocycles. The Balaban J connectivity index is 2.43. The van der Waals surface area contributed by atoms with Gasteiger partial charge in [-0.2, -0.15) is 0 Å². The van der Waals surface area contributed by atoms with Gasteiger partial charge < -0.3 is 15.1 Å². The van der Waals surface area contributed by atoms with E-state index in [4.69, 9.17) is 0 Å². The smallest absolute Gasteiger partial charge is 0.236 e. The first kappa shape index (κ1) is 16.4. The Kier molecular flexibility index (Phi) is 6.23. The molecule has 1 atom stereocenters. The molecule has 0 saturated carbocycles. The fraction of sp³-hybridized carbons (Fsp3) is 0.929. The van der Waals surface area contributed by atoms with E-state index in [1.54, 1.807) is 0 Å². The summed E-state index contributed by atoms with van der Waals surface area (Å²) < 4.78 is 0. The largest absolute Gasteiger partial charge is 0.396 e. The van der Waals surface area contributed by atoms with Crippen LogP contribution in [0.3, 0.4) is 0 Å². The predicted molar refractivity (Wildman–Crippen MR) is 74.8 cm³/mol. The Labute approximate surface area is 116 Å². The van der Waals surface area contributed by atoms with E-state index in [0.29, 0.717) is 19.0 Å². The van der Waals surface area contributed by atoms with Crippen molar-refractivity contribution in [3.63, 3.8) is 0 Å². The highest BCUT2D eigenvalue weighted by Crippen LogP contribution is 2.17. The highest BCUT2D eigenvalue weighted by Gasteiger charge is 2.27. The minimum absolute atomic E-state index is 0.0806. The number of piperidine rings is 1. The summed E-state index contributed by atoms with van der Waals surface area (Å²) >= 11 is 0. The van der Waals surface area contributed by atoms with Gasteiger partial charge in [0.15, 0.2) is 0 Å². The van der Waals surface area contributed by atoms with Gasteiger partial charge in [-0.25, -0.2) is 0 Å². The molecule has 19 heavy (non-hydrogen) atoms. The van der Waals surface area contributed by atoms with Crippen LogP contribution in [0.4, 0.5) is 0 Å². The lowest BCUT2D eigenvalue weighted by Gasteiger charge is -2.34. The Morgan fingerprint density at radius 3 is 2.58 bits per heavy atom. The van der Waals surface area contributed by atoms with Gasteiger partial charge in [-0.3, -0.25) is 9.69 Å². The van der Waals surface area contributed by atoms with Gasteiger partial charge in [0.05, 0.1) is 19.8 Å². The van der Waals surface area contributed by atoms with Crippen molar-refractivity contribution in [3.8, 4) is 0 Å². The van der Waals surface area contributed by atoms with Crippen LogP contribution < -0.4 is 0 Å². The summed E-state index contributed by atoms with van der Waals surface area (Å²) in [5, 5.41) is 18.5. The van der Waals surface area contributed by atoms with Gasteiger partial charge in [-0.15, -0.1) is 0 Å². The second kappa shape index (κ2) is 7.22. The zero-order valence-corrected chi connectivity index (χ0v) is 12.4. The van der Waals surface area contributed by atoms with Crippen LogP contribution in [0.5, 0.6) is 0 Å². The molecule has 1 heterocycles. The lowest BCUT2D eigenvalue weighted by atomic mass is 9.92. The summed E-state index contributed by atoms with van der Waals surface area (Å²) in [5.74, 6) is 0.732. The third kappa shape index (κ3) is 5.09. The highest BCUT2D eigenvalue weighted by molar-refractivity contribution is 5.78. The zero-order valence-electron chi connectivity index (χ0n) is 12.4. The number of amides is 1. The fourth-order valence-electron chi connectivity index (χ4n) is 2.60. The second-order valence-corrected chi connectivity index (χ2v) is 6.39. The van der Waals surface area contributed by atoms with E-state index >= 15 is 0 Å². The van der Waals surface area contributed by atoms with E-state index in [-0.39, 0.29) is 19.1 Å². The number of aliphatic hydroxyl groups excluding tert-OH is 2. The molecule has 112 valence electrons. The van der Waals surface area contributed by atoms with Gasteiger partial charge in [-0.05, 0) is 25.8 Å². The molecule has 5 nitrogen and oxygen atoms in total. The lowest BCUT2D eigenvalue weighted by Crippen LogP contribution is -2.46. The quantitative estimate of drug-likeness (QED) is 0.723. The van der Waals surface area contributed by atoms with Crippen LogP contribution >= 0.6 is 0 Å². The predicted octanol–water partition coefficient (Wildman–Crippen LogP) is 0.168. The van der Waals surface area contributed by atoms with Crippen molar-refractivity contribution in [2.75, 3.05) is 46.4 Å². The first-order valence-corrected chi connectivity index (χ1v) is 7.08. The maximum atomic E-state index is 12.2. The van der Waals surface area contributed by atoms with Gasteiger partial charge in [0.25, 0.3) is 0 Å². The Morgan fingerprint density at radius 2 is 2.05 bits per heavy atom. The van der Waals surface area contributed by atoms with E-state index < -0.39 is 5.41 Å². The monoisotopic (exact) mass is 272 g/mol. The van der Waals surface area contributed by atoms with Crippen LogP contribution in [0.15, 0.2) is 0 Å². The molecular formula is C14H28N2O3. The van der Waals surface area contributed by atoms with Crippen LogP contribution in [0.25, 0.3) is 0 Å². The van der Waals surface area contributed by atoms with Gasteiger partial charge in [-0.1, -0.05) is 13.8 Å². The number of likely N-dealkylation sites (tertiary alicyclic amines) is 1. The summed E-state index contributed by atoms with van der Waals surface area (Å²) in [5.41, 5.74) is -0.551. The van der Waals surface area contributed by atoms with Crippen LogP contribution in [0.2, 0.25) is 0 Å². The van der Waals surface area contributed by atoms with E-state index in [1.807, 2.05) is 23.8 Å². The summed E-state index contributed by atoms with van der Waals surface area (Å²) in [6.07, 6.45) is 2.29. The molecular weight excluding hydrogens is 244 g/mol. The molecule has 1 aliphatic heterocycles. The van der Waals surface area contributed by atoms with Crippen molar-refractivity contribution in [3.05, 3.63) is 0 Å². The molecule has 0 bridgehead atoms. The van der Waals surface area contributed by atoms with Gasteiger partial charge >= 0.3 is 0 Å². The number of carbonyl (C=O) groups is 1. The van der Waals surface area contributed by atoms with Crippen molar-refractivity contribution in [2.24, 2.45) is 11.3 Å². The molecule has 0 spiro atoms. The van der Waals surface area contributed by atoms with E-state index in [9.17, 15) is 15.0 Å². The van der Waals surface area contributed by atoms with Gasteiger partial charge in [0.2, 0.25) is 5.91 Å². The number of hydrogen-bond acceptors (Lipinski definition) is 4. The molecule has 0 aromatic carbocycles. The zero-order chi connectivity index (χ0) is 14.5. The van der Waals surface area contributed by atoms with Crippen LogP contribution in [-0.2, 0) is 4.79 Å². The Bertz CT molecular complexity index is 292. The maximum absolute atomic E-state index is 12.2. The number of hydrogen-bond donors (Lipinski definition) is 2. The molecule has 2 N–H and O–H groups in total. The van der Waals surface area contributed by atoms with Crippen LogP contribution in [0.1, 0.15) is 26.7 Å². The molecule has 1 amide bonds. The Morgan fingerprint density at radius 1 is 1.42 bits per heavy atom. The van der Waals surface area contributed by atoms with Gasteiger partial charge in [0.1, 0.15) is 0 Å². The highest BCUT2D eigenvalue weighted by atomic mass is 16.3. The minimum Gasteiger partial charge on any atom is -0.396 e. The van der Waals surface area contributed by atoms with E-state index in [2.05, 4.69) is 6.92 Å². The molecule has 1 aliphatic rings. The molecule has 1 fully saturated rings. The second-order valence-electron chi connectivity index (χ2n) is 6.39. The first-order chi connectivity index (χ1) is 8.90. The summed E-state index contributed by atoms with van der Waals surface area (Å²) in [7, 11) is 1.86. The summed E-state index contributed by atoms with van der Waals surface area (Å²) in [6.45, 7) is 6.40. The SMILES string of the molecule is CC1CCCN(C(=O)CN(C)CC(C)(CO)CO)C1. The number of carbonyl (C=O) groups excluding carboxylic acids is 1. The minimum atomic E-state index is -0.551. The molecule has 1 unspecified atom stereocenters. The first-order valence-electron chi connectivity index (χ1n) is 7.08. The van der Waals surface area contributed by atoms with E-state index in [1.165, 1.54) is 6.42 Å². The molecule has 1 rings (SSSR count). The standard InChI is InChI=1S/C14H28N2O3/c1-12-5-4-6-16(7-12)13(19)8-15(3)9-14(2,10-17)11-18/h12,17-18H,4-11H2,1-3H3. The molecule has 0 radical (unpaired) electrons. The van der Waals surface area contributed by atoms with Crippen LogP contribution in [-0.4, -0.2) is 72.4 Å². The van der Waals surface area contributed by atoms with Crippen molar-refractivity contribution in [1.29, 1.82) is 0 Å². The average Bonchev–Trinajstić information content (AvgIpc) is 2.38. The number of nitrogens with zero attached hydrogens (tertiary/aromatic N) is 2. The van der Waals surface area contributed by atoms with Crippen molar-refractivity contribution >= 4 is 5.91 Å². The lowest BCUT2D eigenvalue weighted by molar-refractivity contribution is -0.134. The summed E-state index contributed by atoms with van der Waals surface area (Å²) in [6, 6.07) is 0. The number of likely N-dealkylation sites (N-methyl/N-ethyl adjacent to an activating group) is 1. The van der Waals surface area contributed by atoms with Crippen LogP contribution in [0, 0.1) is 11.3 Å². The van der Waals surface area contributed by atoms with Crippen molar-refractivity contribution < 1.29 is 15.0 Å². The molecule has 0 aromatic rings. The van der Waals surface area contributed by atoms with Crippen molar-refractivity contribution in [1.82, 2.24) is 9.80 Å². The number of rotatable bonds is 6. The van der Waals surface area contributed by atoms with Crippen molar-refractivity contribution in [2.45, 2.75) is 26.7 Å². The third-order valence-corrected chi connectivity index (χ3v) is 3.83. The molecule has 1 saturated heterocycles. The normalized spacial score (nSPS) is 20.9. The average molecular weight is 272 g/mol. The third-order valence-electron chi connectivity index (χ3n) is 3.83. The molecule has 5 heteroatoms.